The average molecular weight is 255 g/mol. The van der Waals surface area contributed by atoms with Gasteiger partial charge >= 0.3 is 0 Å². The summed E-state index contributed by atoms with van der Waals surface area (Å²) in [5.41, 5.74) is 4.96. The molecule has 0 radical (unpaired) electrons. The summed E-state index contributed by atoms with van der Waals surface area (Å²) in [7, 11) is 1.95. The van der Waals surface area contributed by atoms with Crippen LogP contribution in [0, 0.1) is 20.8 Å². The van der Waals surface area contributed by atoms with Crippen molar-refractivity contribution in [3.8, 4) is 11.5 Å². The van der Waals surface area contributed by atoms with Gasteiger partial charge < -0.3 is 10.1 Å². The zero-order chi connectivity index (χ0) is 13.8. The number of benzene rings is 2. The lowest BCUT2D eigenvalue weighted by atomic mass is 10.1. The standard InChI is InChI=1S/C17H21NO/c1-12-5-8-17(15(9-12)11-18-4)19-16-7-6-13(2)14(3)10-16/h5-10,18H,11H2,1-4H3. The van der Waals surface area contributed by atoms with Gasteiger partial charge in [0.05, 0.1) is 0 Å². The van der Waals surface area contributed by atoms with Gasteiger partial charge in [0.15, 0.2) is 0 Å². The zero-order valence-electron chi connectivity index (χ0n) is 12.1. The molecule has 0 atom stereocenters. The first-order valence-corrected chi connectivity index (χ1v) is 6.59. The summed E-state index contributed by atoms with van der Waals surface area (Å²) in [4.78, 5) is 0. The third kappa shape index (κ3) is 3.36. The Morgan fingerprint density at radius 3 is 2.42 bits per heavy atom. The van der Waals surface area contributed by atoms with Crippen molar-refractivity contribution in [2.24, 2.45) is 0 Å². The van der Waals surface area contributed by atoms with Crippen LogP contribution in [0.3, 0.4) is 0 Å². The molecule has 0 saturated heterocycles. The Morgan fingerprint density at radius 1 is 0.947 bits per heavy atom. The minimum atomic E-state index is 0.807. The summed E-state index contributed by atoms with van der Waals surface area (Å²) in [6, 6.07) is 12.5. The van der Waals surface area contributed by atoms with E-state index in [0.717, 1.165) is 18.0 Å². The molecule has 100 valence electrons. The quantitative estimate of drug-likeness (QED) is 0.887. The third-order valence-corrected chi connectivity index (χ3v) is 3.29. The normalized spacial score (nSPS) is 10.5. The molecule has 19 heavy (non-hydrogen) atoms. The van der Waals surface area contributed by atoms with Gasteiger partial charge in [0, 0.05) is 12.1 Å². The molecule has 2 rings (SSSR count). The fourth-order valence-electron chi connectivity index (χ4n) is 2.04. The van der Waals surface area contributed by atoms with E-state index in [9.17, 15) is 0 Å². The second-order valence-corrected chi connectivity index (χ2v) is 4.99. The molecular weight excluding hydrogens is 234 g/mol. The molecule has 0 aromatic heterocycles. The van der Waals surface area contributed by atoms with Crippen molar-refractivity contribution in [1.82, 2.24) is 5.32 Å². The lowest BCUT2D eigenvalue weighted by Crippen LogP contribution is -2.06. The van der Waals surface area contributed by atoms with Gasteiger partial charge in [-0.2, -0.15) is 0 Å². The van der Waals surface area contributed by atoms with Gasteiger partial charge in [-0.25, -0.2) is 0 Å². The molecule has 0 saturated carbocycles. The highest BCUT2D eigenvalue weighted by molar-refractivity contribution is 5.42. The number of rotatable bonds is 4. The molecule has 0 bridgehead atoms. The van der Waals surface area contributed by atoms with E-state index in [-0.39, 0.29) is 0 Å². The van der Waals surface area contributed by atoms with E-state index < -0.39 is 0 Å². The van der Waals surface area contributed by atoms with Crippen molar-refractivity contribution in [2.75, 3.05) is 7.05 Å². The van der Waals surface area contributed by atoms with E-state index >= 15 is 0 Å². The fraction of sp³-hybridized carbons (Fsp3) is 0.294. The smallest absolute Gasteiger partial charge is 0.131 e. The lowest BCUT2D eigenvalue weighted by molar-refractivity contribution is 0.473. The molecule has 2 nitrogen and oxygen atoms in total. The predicted octanol–water partition coefficient (Wildman–Crippen LogP) is 4.12. The molecule has 2 heteroatoms. The van der Waals surface area contributed by atoms with Crippen LogP contribution in [-0.4, -0.2) is 7.05 Å². The van der Waals surface area contributed by atoms with Crippen molar-refractivity contribution in [2.45, 2.75) is 27.3 Å². The SMILES string of the molecule is CNCc1cc(C)ccc1Oc1ccc(C)c(C)c1. The van der Waals surface area contributed by atoms with Crippen LogP contribution in [0.25, 0.3) is 0 Å². The Kier molecular flexibility index (Phi) is 4.23. The summed E-state index contributed by atoms with van der Waals surface area (Å²) >= 11 is 0. The van der Waals surface area contributed by atoms with E-state index in [1.54, 1.807) is 0 Å². The minimum absolute atomic E-state index is 0.807. The van der Waals surface area contributed by atoms with Crippen LogP contribution >= 0.6 is 0 Å². The van der Waals surface area contributed by atoms with Gasteiger partial charge in [0.1, 0.15) is 11.5 Å². The van der Waals surface area contributed by atoms with E-state index in [1.165, 1.54) is 22.3 Å². The van der Waals surface area contributed by atoms with Crippen LogP contribution in [0.2, 0.25) is 0 Å². The van der Waals surface area contributed by atoms with Crippen molar-refractivity contribution in [1.29, 1.82) is 0 Å². The van der Waals surface area contributed by atoms with Crippen molar-refractivity contribution < 1.29 is 4.74 Å². The second kappa shape index (κ2) is 5.89. The topological polar surface area (TPSA) is 21.3 Å². The van der Waals surface area contributed by atoms with E-state index in [0.29, 0.717) is 0 Å². The number of ether oxygens (including phenoxy) is 1. The molecule has 0 aliphatic rings. The molecule has 0 spiro atoms. The maximum Gasteiger partial charge on any atom is 0.131 e. The van der Waals surface area contributed by atoms with Crippen LogP contribution in [0.5, 0.6) is 11.5 Å². The van der Waals surface area contributed by atoms with Crippen LogP contribution in [-0.2, 0) is 6.54 Å². The molecule has 2 aromatic carbocycles. The average Bonchev–Trinajstić information content (AvgIpc) is 2.37. The Bertz CT molecular complexity index is 575. The predicted molar refractivity (Wildman–Crippen MR) is 79.9 cm³/mol. The van der Waals surface area contributed by atoms with Crippen LogP contribution in [0.15, 0.2) is 36.4 Å². The van der Waals surface area contributed by atoms with Crippen LogP contribution in [0.1, 0.15) is 22.3 Å². The molecule has 0 aliphatic heterocycles. The number of aryl methyl sites for hydroxylation is 3. The van der Waals surface area contributed by atoms with Gasteiger partial charge in [-0.05, 0) is 57.1 Å². The first-order chi connectivity index (χ1) is 9.10. The summed E-state index contributed by atoms with van der Waals surface area (Å²) in [6.07, 6.45) is 0. The third-order valence-electron chi connectivity index (χ3n) is 3.29. The highest BCUT2D eigenvalue weighted by atomic mass is 16.5. The Morgan fingerprint density at radius 2 is 1.74 bits per heavy atom. The van der Waals surface area contributed by atoms with Crippen LogP contribution in [0.4, 0.5) is 0 Å². The monoisotopic (exact) mass is 255 g/mol. The molecule has 0 heterocycles. The van der Waals surface area contributed by atoms with Crippen molar-refractivity contribution >= 4 is 0 Å². The number of hydrogen-bond acceptors (Lipinski definition) is 2. The van der Waals surface area contributed by atoms with E-state index in [4.69, 9.17) is 4.74 Å². The highest BCUT2D eigenvalue weighted by Crippen LogP contribution is 2.27. The fourth-order valence-corrected chi connectivity index (χ4v) is 2.04. The van der Waals surface area contributed by atoms with Gasteiger partial charge in [-0.3, -0.25) is 0 Å². The first kappa shape index (κ1) is 13.6. The summed E-state index contributed by atoms with van der Waals surface area (Å²) in [6.45, 7) is 7.12. The van der Waals surface area contributed by atoms with Gasteiger partial charge in [-0.15, -0.1) is 0 Å². The molecule has 1 N–H and O–H groups in total. The molecule has 2 aromatic rings. The first-order valence-electron chi connectivity index (χ1n) is 6.59. The van der Waals surface area contributed by atoms with Gasteiger partial charge in [0.25, 0.3) is 0 Å². The number of nitrogens with one attached hydrogen (secondary N) is 1. The summed E-state index contributed by atoms with van der Waals surface area (Å²) in [5, 5.41) is 3.18. The van der Waals surface area contributed by atoms with E-state index in [1.807, 2.05) is 19.2 Å². The van der Waals surface area contributed by atoms with Crippen LogP contribution < -0.4 is 10.1 Å². The molecule has 0 aliphatic carbocycles. The Hall–Kier alpha value is -1.80. The van der Waals surface area contributed by atoms with Crippen molar-refractivity contribution in [3.63, 3.8) is 0 Å². The second-order valence-electron chi connectivity index (χ2n) is 4.99. The molecular formula is C17H21NO. The maximum atomic E-state index is 6.01. The Labute approximate surface area is 115 Å². The highest BCUT2D eigenvalue weighted by Gasteiger charge is 2.05. The summed E-state index contributed by atoms with van der Waals surface area (Å²) in [5.74, 6) is 1.81. The zero-order valence-corrected chi connectivity index (χ0v) is 12.1. The summed E-state index contributed by atoms with van der Waals surface area (Å²) < 4.78 is 6.01. The maximum absolute atomic E-state index is 6.01. The molecule has 0 unspecified atom stereocenters. The van der Waals surface area contributed by atoms with E-state index in [2.05, 4.69) is 50.4 Å². The number of hydrogen-bond donors (Lipinski definition) is 1. The van der Waals surface area contributed by atoms with Crippen molar-refractivity contribution in [3.05, 3.63) is 58.7 Å². The van der Waals surface area contributed by atoms with Gasteiger partial charge in [-0.1, -0.05) is 23.8 Å². The van der Waals surface area contributed by atoms with Gasteiger partial charge in [0.2, 0.25) is 0 Å². The largest absolute Gasteiger partial charge is 0.457 e. The molecule has 0 fully saturated rings. The lowest BCUT2D eigenvalue weighted by Gasteiger charge is -2.13. The minimum Gasteiger partial charge on any atom is -0.457 e. The molecule has 0 amide bonds. The Balaban J connectivity index is 2.29.